The summed E-state index contributed by atoms with van der Waals surface area (Å²) in [5.74, 6) is 1.69. The summed E-state index contributed by atoms with van der Waals surface area (Å²) in [7, 11) is 0. The van der Waals surface area contributed by atoms with Gasteiger partial charge in [-0.25, -0.2) is 15.0 Å². The van der Waals surface area contributed by atoms with E-state index in [0.29, 0.717) is 49.5 Å². The van der Waals surface area contributed by atoms with Gasteiger partial charge in [0.25, 0.3) is 0 Å². The van der Waals surface area contributed by atoms with Crippen molar-refractivity contribution in [3.05, 3.63) is 72.4 Å². The predicted octanol–water partition coefficient (Wildman–Crippen LogP) is 3.44. The lowest BCUT2D eigenvalue weighted by atomic mass is 10.2. The third kappa shape index (κ3) is 4.70. The lowest BCUT2D eigenvalue weighted by Crippen LogP contribution is -2.48. The number of carbonyl (C=O) groups is 1. The molecule has 4 aromatic rings. The molecule has 3 heterocycles. The highest BCUT2D eigenvalue weighted by atomic mass is 16.5. The molecule has 0 bridgehead atoms. The van der Waals surface area contributed by atoms with Gasteiger partial charge in [-0.2, -0.15) is 0 Å². The highest BCUT2D eigenvalue weighted by Gasteiger charge is 2.26. The standard InChI is InChI=1S/C25H24N4O4/c1-17-22(28-24(33-17)18-7-3-2-4-8-18)13-23(30)29-11-12-31-19(14-29)15-32-25-20-9-5-6-10-21(20)26-16-27-25/h2-10,16,19H,11-15H2,1H3. The number of para-hydroxylation sites is 1. The highest BCUT2D eigenvalue weighted by Crippen LogP contribution is 2.23. The summed E-state index contributed by atoms with van der Waals surface area (Å²) in [5.41, 5.74) is 2.37. The van der Waals surface area contributed by atoms with E-state index in [-0.39, 0.29) is 18.4 Å². The van der Waals surface area contributed by atoms with Crippen molar-refractivity contribution in [1.29, 1.82) is 0 Å². The minimum atomic E-state index is -0.241. The molecule has 0 spiro atoms. The summed E-state index contributed by atoms with van der Waals surface area (Å²) in [4.78, 5) is 27.8. The summed E-state index contributed by atoms with van der Waals surface area (Å²) < 4.78 is 17.6. The molecule has 0 N–H and O–H groups in total. The van der Waals surface area contributed by atoms with Gasteiger partial charge in [-0.15, -0.1) is 0 Å². The third-order valence-corrected chi connectivity index (χ3v) is 5.64. The first-order valence-corrected chi connectivity index (χ1v) is 10.9. The lowest BCUT2D eigenvalue weighted by Gasteiger charge is -2.32. The van der Waals surface area contributed by atoms with E-state index in [9.17, 15) is 4.79 Å². The van der Waals surface area contributed by atoms with Crippen LogP contribution in [-0.4, -0.2) is 58.2 Å². The van der Waals surface area contributed by atoms with Crippen LogP contribution in [0, 0.1) is 6.92 Å². The Morgan fingerprint density at radius 3 is 2.82 bits per heavy atom. The number of fused-ring (bicyclic) bond motifs is 1. The second-order valence-corrected chi connectivity index (χ2v) is 7.90. The largest absolute Gasteiger partial charge is 0.474 e. The van der Waals surface area contributed by atoms with Crippen LogP contribution >= 0.6 is 0 Å². The number of benzene rings is 2. The average molecular weight is 444 g/mol. The molecule has 2 aromatic carbocycles. The van der Waals surface area contributed by atoms with E-state index in [1.54, 1.807) is 4.90 Å². The normalized spacial score (nSPS) is 16.2. The second kappa shape index (κ2) is 9.38. The van der Waals surface area contributed by atoms with E-state index in [0.717, 1.165) is 16.5 Å². The van der Waals surface area contributed by atoms with Crippen molar-refractivity contribution in [1.82, 2.24) is 19.9 Å². The number of ether oxygens (including phenoxy) is 2. The van der Waals surface area contributed by atoms with Crippen LogP contribution in [0.1, 0.15) is 11.5 Å². The number of aryl methyl sites for hydroxylation is 1. The van der Waals surface area contributed by atoms with E-state index in [4.69, 9.17) is 13.9 Å². The minimum Gasteiger partial charge on any atom is -0.474 e. The van der Waals surface area contributed by atoms with E-state index in [2.05, 4.69) is 15.0 Å². The Morgan fingerprint density at radius 1 is 1.12 bits per heavy atom. The van der Waals surface area contributed by atoms with Gasteiger partial charge in [0.2, 0.25) is 17.7 Å². The number of oxazole rings is 1. The van der Waals surface area contributed by atoms with Gasteiger partial charge in [-0.05, 0) is 31.2 Å². The maximum Gasteiger partial charge on any atom is 0.228 e. The van der Waals surface area contributed by atoms with Crippen LogP contribution in [0.25, 0.3) is 22.4 Å². The van der Waals surface area contributed by atoms with E-state index >= 15 is 0 Å². The molecule has 0 radical (unpaired) electrons. The van der Waals surface area contributed by atoms with Crippen molar-refractivity contribution >= 4 is 16.8 Å². The van der Waals surface area contributed by atoms with Gasteiger partial charge in [0.05, 0.1) is 36.2 Å². The molecule has 0 aliphatic carbocycles. The SMILES string of the molecule is Cc1oc(-c2ccccc2)nc1CC(=O)N1CCOC(COc2ncnc3ccccc23)C1. The lowest BCUT2D eigenvalue weighted by molar-refractivity contribution is -0.139. The fourth-order valence-corrected chi connectivity index (χ4v) is 3.87. The Hall–Kier alpha value is -3.78. The Labute approximate surface area is 191 Å². The van der Waals surface area contributed by atoms with Gasteiger partial charge >= 0.3 is 0 Å². The van der Waals surface area contributed by atoms with E-state index < -0.39 is 0 Å². The van der Waals surface area contributed by atoms with Crippen molar-refractivity contribution in [2.45, 2.75) is 19.4 Å². The van der Waals surface area contributed by atoms with Gasteiger partial charge in [0.15, 0.2) is 0 Å². The molecule has 5 rings (SSSR count). The van der Waals surface area contributed by atoms with Crippen LogP contribution < -0.4 is 4.74 Å². The zero-order valence-electron chi connectivity index (χ0n) is 18.3. The van der Waals surface area contributed by atoms with Crippen molar-refractivity contribution in [3.8, 4) is 17.3 Å². The quantitative estimate of drug-likeness (QED) is 0.450. The fourth-order valence-electron chi connectivity index (χ4n) is 3.87. The zero-order valence-corrected chi connectivity index (χ0v) is 18.3. The van der Waals surface area contributed by atoms with Crippen molar-refractivity contribution < 1.29 is 18.7 Å². The van der Waals surface area contributed by atoms with Crippen LogP contribution in [0.15, 0.2) is 65.3 Å². The van der Waals surface area contributed by atoms with Crippen molar-refractivity contribution in [2.24, 2.45) is 0 Å². The average Bonchev–Trinajstić information content (AvgIpc) is 3.23. The topological polar surface area (TPSA) is 90.6 Å². The number of morpholine rings is 1. The number of aromatic nitrogens is 3. The summed E-state index contributed by atoms with van der Waals surface area (Å²) in [5, 5.41) is 0.847. The Kier molecular flexibility index (Phi) is 5.99. The molecule has 1 saturated heterocycles. The van der Waals surface area contributed by atoms with E-state index in [1.807, 2.05) is 61.5 Å². The molecule has 1 aliphatic rings. The van der Waals surface area contributed by atoms with Crippen molar-refractivity contribution in [2.75, 3.05) is 26.3 Å². The summed E-state index contributed by atoms with van der Waals surface area (Å²) in [6.07, 6.45) is 1.43. The summed E-state index contributed by atoms with van der Waals surface area (Å²) >= 11 is 0. The van der Waals surface area contributed by atoms with Crippen LogP contribution in [0.5, 0.6) is 5.88 Å². The third-order valence-electron chi connectivity index (χ3n) is 5.64. The molecule has 168 valence electrons. The zero-order chi connectivity index (χ0) is 22.6. The maximum atomic E-state index is 13.0. The number of nitrogens with zero attached hydrogens (tertiary/aromatic N) is 4. The Balaban J connectivity index is 1.21. The molecule has 2 aromatic heterocycles. The van der Waals surface area contributed by atoms with Crippen LogP contribution in [0.3, 0.4) is 0 Å². The molecular weight excluding hydrogens is 420 g/mol. The first-order valence-electron chi connectivity index (χ1n) is 10.9. The van der Waals surface area contributed by atoms with E-state index in [1.165, 1.54) is 6.33 Å². The molecule has 8 heteroatoms. The minimum absolute atomic E-state index is 0.00759. The van der Waals surface area contributed by atoms with Crippen LogP contribution in [0.4, 0.5) is 0 Å². The molecule has 1 atom stereocenters. The number of rotatable bonds is 6. The molecule has 8 nitrogen and oxygen atoms in total. The summed E-state index contributed by atoms with van der Waals surface area (Å²) in [6, 6.07) is 17.4. The van der Waals surface area contributed by atoms with Crippen molar-refractivity contribution in [3.63, 3.8) is 0 Å². The number of amides is 1. The fraction of sp³-hybridized carbons (Fsp3) is 0.280. The first-order chi connectivity index (χ1) is 16.2. The molecule has 1 unspecified atom stereocenters. The number of carbonyl (C=O) groups excluding carboxylic acids is 1. The Morgan fingerprint density at radius 2 is 1.94 bits per heavy atom. The molecule has 1 aliphatic heterocycles. The smallest absolute Gasteiger partial charge is 0.228 e. The first kappa shape index (κ1) is 21.1. The highest BCUT2D eigenvalue weighted by molar-refractivity contribution is 5.83. The van der Waals surface area contributed by atoms with Crippen LogP contribution in [0.2, 0.25) is 0 Å². The monoisotopic (exact) mass is 444 g/mol. The predicted molar refractivity (Wildman–Crippen MR) is 122 cm³/mol. The Bertz CT molecular complexity index is 1250. The molecule has 1 fully saturated rings. The molecule has 33 heavy (non-hydrogen) atoms. The molecule has 1 amide bonds. The van der Waals surface area contributed by atoms with Gasteiger partial charge in [0.1, 0.15) is 24.8 Å². The summed E-state index contributed by atoms with van der Waals surface area (Å²) in [6.45, 7) is 3.58. The second-order valence-electron chi connectivity index (χ2n) is 7.90. The molecular formula is C25H24N4O4. The van der Waals surface area contributed by atoms with Gasteiger partial charge < -0.3 is 18.8 Å². The number of hydrogen-bond donors (Lipinski definition) is 0. The van der Waals surface area contributed by atoms with Gasteiger partial charge in [0, 0.05) is 12.1 Å². The maximum absolute atomic E-state index is 13.0. The number of hydrogen-bond acceptors (Lipinski definition) is 7. The van der Waals surface area contributed by atoms with Gasteiger partial charge in [-0.1, -0.05) is 30.3 Å². The molecule has 0 saturated carbocycles. The van der Waals surface area contributed by atoms with Crippen LogP contribution in [-0.2, 0) is 16.0 Å². The van der Waals surface area contributed by atoms with Gasteiger partial charge in [-0.3, -0.25) is 4.79 Å².